The van der Waals surface area contributed by atoms with Crippen LogP contribution in [0.25, 0.3) is 0 Å². The molecule has 5 saturated carbocycles. The Kier molecular flexibility index (Phi) is 2.54. The highest BCUT2D eigenvalue weighted by molar-refractivity contribution is 5.68. The first-order chi connectivity index (χ1) is 10.5. The number of hydrogen-bond acceptors (Lipinski definition) is 2. The van der Waals surface area contributed by atoms with Gasteiger partial charge in [-0.2, -0.15) is 0 Å². The third kappa shape index (κ3) is 1.36. The maximum atomic E-state index is 11.1. The zero-order valence-electron chi connectivity index (χ0n) is 13.9. The zero-order valence-corrected chi connectivity index (χ0v) is 13.9. The molecule has 5 fully saturated rings. The van der Waals surface area contributed by atoms with Crippen LogP contribution in [0.1, 0.15) is 58.3 Å². The summed E-state index contributed by atoms with van der Waals surface area (Å²) in [5.41, 5.74) is 2.03. The second kappa shape index (κ2) is 4.06. The van der Waals surface area contributed by atoms with Crippen molar-refractivity contribution in [1.82, 2.24) is 0 Å². The molecule has 6 aliphatic rings. The molecule has 0 amide bonds. The lowest BCUT2D eigenvalue weighted by Gasteiger charge is -2.70. The summed E-state index contributed by atoms with van der Waals surface area (Å²) in [4.78, 5) is 4.89. The molecule has 0 radical (unpaired) electrons. The van der Waals surface area contributed by atoms with Crippen LogP contribution < -0.4 is 0 Å². The van der Waals surface area contributed by atoms with E-state index < -0.39 is 0 Å². The van der Waals surface area contributed by atoms with Crippen LogP contribution in [0.2, 0.25) is 0 Å². The lowest BCUT2D eigenvalue weighted by Crippen LogP contribution is -2.67. The quantitative estimate of drug-likeness (QED) is 0.674. The minimum atomic E-state index is -0.237. The average molecular weight is 299 g/mol. The van der Waals surface area contributed by atoms with E-state index in [0.29, 0.717) is 22.7 Å². The Balaban J connectivity index is 1.65. The van der Waals surface area contributed by atoms with Crippen molar-refractivity contribution >= 4 is 6.21 Å². The molecule has 2 heteroatoms. The Labute approximate surface area is 134 Å². The monoisotopic (exact) mass is 299 g/mol. The highest BCUT2D eigenvalue weighted by atomic mass is 16.3. The van der Waals surface area contributed by atoms with Crippen molar-refractivity contribution in [2.24, 2.45) is 39.0 Å². The van der Waals surface area contributed by atoms with E-state index in [1.807, 2.05) is 0 Å². The van der Waals surface area contributed by atoms with Crippen LogP contribution in [0, 0.1) is 34.0 Å². The van der Waals surface area contributed by atoms with Gasteiger partial charge in [-0.05, 0) is 73.7 Å². The fourth-order valence-corrected chi connectivity index (χ4v) is 7.88. The van der Waals surface area contributed by atoms with Gasteiger partial charge in [0.1, 0.15) is 0 Å². The Bertz CT molecular complexity index is 568. The summed E-state index contributed by atoms with van der Waals surface area (Å²) in [6, 6.07) is 0. The third-order valence-electron chi connectivity index (χ3n) is 8.80. The number of hydrogen-bond donors (Lipinski definition) is 1. The van der Waals surface area contributed by atoms with Crippen LogP contribution in [0.4, 0.5) is 0 Å². The molecule has 0 aromatic carbocycles. The summed E-state index contributed by atoms with van der Waals surface area (Å²) in [7, 11) is 0. The summed E-state index contributed by atoms with van der Waals surface area (Å²) < 4.78 is 0. The minimum absolute atomic E-state index is 0.146. The molecule has 2 nitrogen and oxygen atoms in total. The maximum absolute atomic E-state index is 11.1. The molecule has 1 aliphatic heterocycles. The lowest BCUT2D eigenvalue weighted by atomic mass is 9.35. The van der Waals surface area contributed by atoms with E-state index in [1.165, 1.54) is 51.4 Å². The van der Waals surface area contributed by atoms with Crippen molar-refractivity contribution in [3.63, 3.8) is 0 Å². The van der Waals surface area contributed by atoms with E-state index in [1.54, 1.807) is 0 Å². The van der Waals surface area contributed by atoms with Gasteiger partial charge in [0, 0.05) is 23.6 Å². The summed E-state index contributed by atoms with van der Waals surface area (Å²) in [5, 5.41) is 11.1. The van der Waals surface area contributed by atoms with Crippen molar-refractivity contribution in [3.05, 3.63) is 12.2 Å². The normalized spacial score (nSPS) is 59.1. The lowest BCUT2D eigenvalue weighted by molar-refractivity contribution is -0.201. The molecular formula is C20H29NO. The van der Waals surface area contributed by atoms with Gasteiger partial charge in [0.15, 0.2) is 0 Å². The molecule has 22 heavy (non-hydrogen) atoms. The Morgan fingerprint density at radius 3 is 2.82 bits per heavy atom. The predicted molar refractivity (Wildman–Crippen MR) is 88.9 cm³/mol. The van der Waals surface area contributed by atoms with E-state index >= 15 is 0 Å². The molecule has 4 bridgehead atoms. The van der Waals surface area contributed by atoms with Crippen LogP contribution in [-0.2, 0) is 0 Å². The van der Waals surface area contributed by atoms with Gasteiger partial charge in [0.2, 0.25) is 0 Å². The van der Waals surface area contributed by atoms with Crippen molar-refractivity contribution < 1.29 is 5.11 Å². The van der Waals surface area contributed by atoms with Gasteiger partial charge < -0.3 is 5.11 Å². The fourth-order valence-electron chi connectivity index (χ4n) is 7.88. The number of rotatable bonds is 0. The molecule has 0 aromatic heterocycles. The molecule has 5 aliphatic carbocycles. The second-order valence-electron chi connectivity index (χ2n) is 9.39. The summed E-state index contributed by atoms with van der Waals surface area (Å²) >= 11 is 0. The van der Waals surface area contributed by atoms with Crippen LogP contribution in [0.3, 0.4) is 0 Å². The topological polar surface area (TPSA) is 32.6 Å². The SMILES string of the molecule is C=C1C2CC[C@@]3(CC[C@H]4C5(CCC[C@@]4(C)C=NC5)C3C2)C1O. The van der Waals surface area contributed by atoms with Crippen molar-refractivity contribution in [3.8, 4) is 0 Å². The van der Waals surface area contributed by atoms with E-state index in [-0.39, 0.29) is 11.5 Å². The maximum Gasteiger partial charge on any atom is 0.0809 e. The van der Waals surface area contributed by atoms with Crippen LogP contribution in [0.15, 0.2) is 17.1 Å². The number of aliphatic imine (C=N–C) groups is 1. The van der Waals surface area contributed by atoms with E-state index in [2.05, 4.69) is 19.7 Å². The van der Waals surface area contributed by atoms with Crippen LogP contribution in [0.5, 0.6) is 0 Å². The first-order valence-corrected chi connectivity index (χ1v) is 9.40. The summed E-state index contributed by atoms with van der Waals surface area (Å²) in [6.07, 6.45) is 12.4. The largest absolute Gasteiger partial charge is 0.388 e. The molecule has 1 N–H and O–H groups in total. The van der Waals surface area contributed by atoms with E-state index in [9.17, 15) is 5.11 Å². The molecule has 4 unspecified atom stereocenters. The second-order valence-corrected chi connectivity index (χ2v) is 9.39. The van der Waals surface area contributed by atoms with Crippen LogP contribution >= 0.6 is 0 Å². The standard InChI is InChI=1S/C20H29NO/c1-13-14-4-8-19(17(13)22)9-5-15-18(2)6-3-7-20(15,12-21-11-18)16(19)10-14/h11,14-17,22H,1,3-10,12H2,2H3/t14?,15-,16?,17?,18+,19+,20?/m1/s1. The number of aliphatic hydroxyl groups excluding tert-OH is 1. The number of aliphatic hydroxyl groups is 1. The molecule has 6 rings (SSSR count). The third-order valence-corrected chi connectivity index (χ3v) is 8.80. The summed E-state index contributed by atoms with van der Waals surface area (Å²) in [5.74, 6) is 2.07. The Hall–Kier alpha value is -0.630. The first kappa shape index (κ1) is 13.8. The summed E-state index contributed by atoms with van der Waals surface area (Å²) in [6.45, 7) is 7.77. The number of fused-ring (bicyclic) bond motifs is 2. The molecule has 7 atom stereocenters. The molecule has 0 aromatic rings. The molecule has 120 valence electrons. The average Bonchev–Trinajstić information content (AvgIpc) is 2.50. The van der Waals surface area contributed by atoms with Crippen LogP contribution in [-0.4, -0.2) is 24.0 Å². The van der Waals surface area contributed by atoms with Gasteiger partial charge in [-0.15, -0.1) is 0 Å². The minimum Gasteiger partial charge on any atom is -0.388 e. The van der Waals surface area contributed by atoms with Gasteiger partial charge in [-0.3, -0.25) is 4.99 Å². The zero-order chi connectivity index (χ0) is 15.2. The van der Waals surface area contributed by atoms with Gasteiger partial charge >= 0.3 is 0 Å². The van der Waals surface area contributed by atoms with E-state index in [4.69, 9.17) is 4.99 Å². The van der Waals surface area contributed by atoms with E-state index in [0.717, 1.165) is 18.0 Å². The van der Waals surface area contributed by atoms with Crippen molar-refractivity contribution in [2.75, 3.05) is 6.54 Å². The fraction of sp³-hybridized carbons (Fsp3) is 0.850. The molecular weight excluding hydrogens is 270 g/mol. The van der Waals surface area contributed by atoms with Gasteiger partial charge in [0.05, 0.1) is 6.10 Å². The van der Waals surface area contributed by atoms with Gasteiger partial charge in [-0.1, -0.05) is 19.9 Å². The highest BCUT2D eigenvalue weighted by Crippen LogP contribution is 2.72. The van der Waals surface area contributed by atoms with Gasteiger partial charge in [0.25, 0.3) is 0 Å². The first-order valence-electron chi connectivity index (χ1n) is 9.40. The Morgan fingerprint density at radius 2 is 1.95 bits per heavy atom. The highest BCUT2D eigenvalue weighted by Gasteiger charge is 2.68. The molecule has 0 saturated heterocycles. The smallest absolute Gasteiger partial charge is 0.0809 e. The molecule has 1 spiro atoms. The predicted octanol–water partition coefficient (Wildman–Crippen LogP) is 3.99. The van der Waals surface area contributed by atoms with Crippen molar-refractivity contribution in [1.29, 1.82) is 0 Å². The van der Waals surface area contributed by atoms with Gasteiger partial charge in [-0.25, -0.2) is 0 Å². The molecule has 1 heterocycles. The Morgan fingerprint density at radius 1 is 1.14 bits per heavy atom. The van der Waals surface area contributed by atoms with Crippen molar-refractivity contribution in [2.45, 2.75) is 64.4 Å². The number of nitrogens with zero attached hydrogens (tertiary/aromatic N) is 1.